The number of halogens is 1. The molecule has 0 atom stereocenters. The second kappa shape index (κ2) is 13.0. The van der Waals surface area contributed by atoms with Crippen LogP contribution in [0.1, 0.15) is 76.0 Å². The molecule has 0 N–H and O–H groups in total. The zero-order valence-electron chi connectivity index (χ0n) is 19.0. The van der Waals surface area contributed by atoms with Crippen LogP contribution in [0.5, 0.6) is 0 Å². The number of rotatable bonds is 5. The predicted molar refractivity (Wildman–Crippen MR) is 123 cm³/mol. The number of sulfone groups is 1. The van der Waals surface area contributed by atoms with Crippen LogP contribution in [0.2, 0.25) is 0 Å². The van der Waals surface area contributed by atoms with Crippen LogP contribution in [0.25, 0.3) is 0 Å². The Kier molecular flexibility index (Phi) is 11.1. The van der Waals surface area contributed by atoms with Crippen LogP contribution in [-0.2, 0) is 15.6 Å². The fourth-order valence-corrected chi connectivity index (χ4v) is 4.58. The van der Waals surface area contributed by atoms with Crippen molar-refractivity contribution < 1.29 is 17.6 Å². The van der Waals surface area contributed by atoms with Gasteiger partial charge in [-0.2, -0.15) is 0 Å². The molecule has 0 spiro atoms. The lowest BCUT2D eigenvalue weighted by atomic mass is 10.1. The average molecular weight is 449 g/mol. The quantitative estimate of drug-likeness (QED) is 0.507. The zero-order valence-corrected chi connectivity index (χ0v) is 19.8. The summed E-state index contributed by atoms with van der Waals surface area (Å²) >= 11 is 0. The van der Waals surface area contributed by atoms with Gasteiger partial charge < -0.3 is 4.57 Å². The zero-order chi connectivity index (χ0) is 23.4. The molecule has 0 unspecified atom stereocenters. The van der Waals surface area contributed by atoms with Crippen molar-refractivity contribution in [2.75, 3.05) is 0 Å². The number of allylic oxidation sites excluding steroid dienone is 4. The Hall–Kier alpha value is -2.54. The molecule has 0 fully saturated rings. The molecule has 1 aliphatic carbocycles. The third-order valence-corrected chi connectivity index (χ3v) is 6.01. The molecule has 1 heterocycles. The van der Waals surface area contributed by atoms with E-state index in [1.165, 1.54) is 16.3 Å². The molecular formula is C24H33FN2O3S. The monoisotopic (exact) mass is 448 g/mol. The molecule has 0 aliphatic heterocycles. The number of imidazole rings is 1. The normalized spacial score (nSPS) is 13.6. The molecule has 1 aromatic heterocycles. The molecule has 0 saturated carbocycles. The first-order valence-electron chi connectivity index (χ1n) is 10.6. The number of aldehydes is 1. The van der Waals surface area contributed by atoms with Crippen molar-refractivity contribution in [3.8, 4) is 0 Å². The summed E-state index contributed by atoms with van der Waals surface area (Å²) < 4.78 is 38.8. The third-order valence-electron chi connectivity index (χ3n) is 4.44. The first kappa shape index (κ1) is 26.5. The Labute approximate surface area is 185 Å². The molecule has 0 bridgehead atoms. The van der Waals surface area contributed by atoms with Gasteiger partial charge in [0.25, 0.3) is 0 Å². The van der Waals surface area contributed by atoms with Gasteiger partial charge in [0.2, 0.25) is 15.0 Å². The van der Waals surface area contributed by atoms with E-state index in [1.807, 2.05) is 46.8 Å². The van der Waals surface area contributed by atoms with Crippen molar-refractivity contribution in [2.45, 2.75) is 70.8 Å². The summed E-state index contributed by atoms with van der Waals surface area (Å²) in [5.41, 5.74) is 2.24. The van der Waals surface area contributed by atoms with Crippen LogP contribution >= 0.6 is 0 Å². The summed E-state index contributed by atoms with van der Waals surface area (Å²) in [4.78, 5) is 14.9. The smallest absolute Gasteiger partial charge is 0.228 e. The highest BCUT2D eigenvalue weighted by Gasteiger charge is 2.24. The fraction of sp³-hybridized carbons (Fsp3) is 0.417. The highest BCUT2D eigenvalue weighted by atomic mass is 32.2. The lowest BCUT2D eigenvalue weighted by Gasteiger charge is -2.13. The number of hydrogen-bond donors (Lipinski definition) is 0. The molecule has 7 heteroatoms. The van der Waals surface area contributed by atoms with Crippen LogP contribution in [0.15, 0.2) is 65.2 Å². The largest absolute Gasteiger partial charge is 0.310 e. The number of hydrogen-bond acceptors (Lipinski definition) is 4. The van der Waals surface area contributed by atoms with Crippen molar-refractivity contribution in [3.63, 3.8) is 0 Å². The summed E-state index contributed by atoms with van der Waals surface area (Å²) in [6.07, 6.45) is 7.98. The highest BCUT2D eigenvalue weighted by Crippen LogP contribution is 2.21. The molecule has 0 saturated heterocycles. The number of benzene rings is 1. The van der Waals surface area contributed by atoms with E-state index < -0.39 is 9.84 Å². The van der Waals surface area contributed by atoms with E-state index in [0.29, 0.717) is 18.3 Å². The lowest BCUT2D eigenvalue weighted by Crippen LogP contribution is -2.16. The van der Waals surface area contributed by atoms with E-state index in [-0.39, 0.29) is 28.5 Å². The van der Waals surface area contributed by atoms with Gasteiger partial charge in [-0.05, 0) is 51.7 Å². The number of carbonyl (C=O) groups is 1. The molecule has 1 aliphatic rings. The van der Waals surface area contributed by atoms with Crippen LogP contribution in [0.3, 0.4) is 0 Å². The molecule has 0 amide bonds. The van der Waals surface area contributed by atoms with E-state index in [2.05, 4.69) is 4.98 Å². The Bertz CT molecular complexity index is 973. The van der Waals surface area contributed by atoms with Gasteiger partial charge in [0.15, 0.2) is 6.29 Å². The van der Waals surface area contributed by atoms with E-state index in [4.69, 9.17) is 0 Å². The second-order valence-corrected chi connectivity index (χ2v) is 9.16. The molecule has 31 heavy (non-hydrogen) atoms. The van der Waals surface area contributed by atoms with Crippen molar-refractivity contribution in [1.82, 2.24) is 9.55 Å². The van der Waals surface area contributed by atoms with Gasteiger partial charge >= 0.3 is 0 Å². The minimum absolute atomic E-state index is 0.0202. The topological polar surface area (TPSA) is 69.0 Å². The Morgan fingerprint density at radius 3 is 2.35 bits per heavy atom. The van der Waals surface area contributed by atoms with Crippen LogP contribution in [-0.4, -0.2) is 24.3 Å². The lowest BCUT2D eigenvalue weighted by molar-refractivity contribution is 0.111. The fourth-order valence-electron chi connectivity index (χ4n) is 2.99. The van der Waals surface area contributed by atoms with Crippen LogP contribution in [0.4, 0.5) is 4.39 Å². The highest BCUT2D eigenvalue weighted by molar-refractivity contribution is 7.90. The number of nitrogens with zero attached hydrogens (tertiary/aromatic N) is 2. The van der Waals surface area contributed by atoms with Crippen molar-refractivity contribution in [1.29, 1.82) is 0 Å². The molecule has 3 rings (SSSR count). The van der Waals surface area contributed by atoms with Gasteiger partial charge in [-0.15, -0.1) is 0 Å². The first-order valence-corrected chi connectivity index (χ1v) is 12.2. The van der Waals surface area contributed by atoms with Crippen molar-refractivity contribution >= 4 is 16.1 Å². The molecule has 170 valence electrons. The molecular weight excluding hydrogens is 415 g/mol. The van der Waals surface area contributed by atoms with E-state index in [1.54, 1.807) is 30.3 Å². The molecule has 1 aromatic carbocycles. The minimum Gasteiger partial charge on any atom is -0.310 e. The van der Waals surface area contributed by atoms with Crippen molar-refractivity contribution in [2.24, 2.45) is 0 Å². The van der Waals surface area contributed by atoms with Crippen LogP contribution < -0.4 is 0 Å². The van der Waals surface area contributed by atoms with Crippen molar-refractivity contribution in [3.05, 3.63) is 71.3 Å². The first-order chi connectivity index (χ1) is 14.7. The summed E-state index contributed by atoms with van der Waals surface area (Å²) in [6, 6.07) is 8.75. The van der Waals surface area contributed by atoms with E-state index in [9.17, 15) is 17.6 Å². The molecule has 5 nitrogen and oxygen atoms in total. The summed E-state index contributed by atoms with van der Waals surface area (Å²) in [7, 11) is -3.59. The summed E-state index contributed by atoms with van der Waals surface area (Å²) in [5.74, 6) is -0.109. The van der Waals surface area contributed by atoms with Gasteiger partial charge in [0, 0.05) is 6.04 Å². The van der Waals surface area contributed by atoms with Gasteiger partial charge in [-0.3, -0.25) is 4.79 Å². The second-order valence-electron chi connectivity index (χ2n) is 7.27. The Morgan fingerprint density at radius 1 is 1.13 bits per heavy atom. The van der Waals surface area contributed by atoms with Gasteiger partial charge in [-0.1, -0.05) is 55.8 Å². The van der Waals surface area contributed by atoms with Gasteiger partial charge in [0.1, 0.15) is 5.69 Å². The SMILES string of the molecule is CC.CC(C)n1c(C=O)cnc1S(=O)(=O)Cc1ccccc1.CC1=CC=C(F)CCC1. The maximum atomic E-state index is 12.5. The van der Waals surface area contributed by atoms with Gasteiger partial charge in [-0.25, -0.2) is 17.8 Å². The predicted octanol–water partition coefficient (Wildman–Crippen LogP) is 6.25. The third kappa shape index (κ3) is 8.25. The maximum Gasteiger partial charge on any atom is 0.228 e. The Balaban J connectivity index is 0.000000365. The van der Waals surface area contributed by atoms with Gasteiger partial charge in [0.05, 0.1) is 17.8 Å². The average Bonchev–Trinajstić information content (AvgIpc) is 3.11. The van der Waals surface area contributed by atoms with Crippen LogP contribution in [0, 0.1) is 0 Å². The standard InChI is InChI=1S/C14H16N2O3S.C8H11F.C2H6/c1-11(2)16-13(9-17)8-15-14(16)20(18,19)10-12-6-4-3-5-7-12;1-7-3-2-4-8(9)6-5-7;1-2/h3-9,11H,10H2,1-2H3;5-6H,2-4H2,1H3;1-2H3. The van der Waals surface area contributed by atoms with E-state index >= 15 is 0 Å². The number of aromatic nitrogens is 2. The Morgan fingerprint density at radius 2 is 1.77 bits per heavy atom. The summed E-state index contributed by atoms with van der Waals surface area (Å²) in [6.45, 7) is 9.67. The number of carbonyl (C=O) groups excluding carboxylic acids is 1. The summed E-state index contributed by atoms with van der Waals surface area (Å²) in [5, 5.41) is -0.0570. The van der Waals surface area contributed by atoms with E-state index in [0.717, 1.165) is 12.8 Å². The molecule has 2 aromatic rings. The maximum absolute atomic E-state index is 12.5. The molecule has 0 radical (unpaired) electrons. The minimum atomic E-state index is -3.59.